The van der Waals surface area contributed by atoms with Crippen molar-refractivity contribution in [3.05, 3.63) is 92.7 Å². The summed E-state index contributed by atoms with van der Waals surface area (Å²) in [6.07, 6.45) is 1.78. The molecule has 0 aliphatic rings. The summed E-state index contributed by atoms with van der Waals surface area (Å²) < 4.78 is 25.5. The molecular formula is C24H18BrClFNO2. The molecule has 3 aromatic carbocycles. The van der Waals surface area contributed by atoms with Gasteiger partial charge in [0, 0.05) is 9.50 Å². The highest BCUT2D eigenvalue weighted by Gasteiger charge is 2.12. The van der Waals surface area contributed by atoms with Crippen LogP contribution in [0.2, 0.25) is 5.02 Å². The monoisotopic (exact) mass is 485 g/mol. The second-order valence-electron chi connectivity index (χ2n) is 6.35. The fourth-order valence-corrected chi connectivity index (χ4v) is 3.31. The Morgan fingerprint density at radius 2 is 1.73 bits per heavy atom. The predicted octanol–water partition coefficient (Wildman–Crippen LogP) is 7.28. The molecule has 3 nitrogen and oxygen atoms in total. The van der Waals surface area contributed by atoms with Crippen LogP contribution < -0.4 is 9.47 Å². The quantitative estimate of drug-likeness (QED) is 0.260. The minimum absolute atomic E-state index is 0.274. The lowest BCUT2D eigenvalue weighted by Crippen LogP contribution is -2.00. The summed E-state index contributed by atoms with van der Waals surface area (Å²) in [6, 6.07) is 19.1. The minimum Gasteiger partial charge on any atom is -0.490 e. The molecular weight excluding hydrogens is 469 g/mol. The number of hydrogen-bond acceptors (Lipinski definition) is 3. The molecule has 0 bridgehead atoms. The molecule has 6 heteroatoms. The van der Waals surface area contributed by atoms with Gasteiger partial charge in [-0.2, -0.15) is 5.26 Å². The van der Waals surface area contributed by atoms with E-state index < -0.39 is 0 Å². The molecule has 0 saturated heterocycles. The largest absolute Gasteiger partial charge is 0.490 e. The Labute approximate surface area is 188 Å². The van der Waals surface area contributed by atoms with E-state index in [1.54, 1.807) is 48.5 Å². The Kier molecular flexibility index (Phi) is 7.51. The van der Waals surface area contributed by atoms with E-state index in [4.69, 9.17) is 21.1 Å². The second-order valence-corrected chi connectivity index (χ2v) is 7.64. The molecule has 3 aromatic rings. The first kappa shape index (κ1) is 21.9. The second kappa shape index (κ2) is 10.3. The molecule has 0 radical (unpaired) electrons. The molecule has 0 fully saturated rings. The molecule has 0 saturated carbocycles. The highest BCUT2D eigenvalue weighted by molar-refractivity contribution is 9.10. The maximum absolute atomic E-state index is 13.1. The van der Waals surface area contributed by atoms with Crippen molar-refractivity contribution in [2.24, 2.45) is 0 Å². The number of nitriles is 1. The number of nitrogens with zero attached hydrogens (tertiary/aromatic N) is 1. The van der Waals surface area contributed by atoms with Crippen LogP contribution in [0.1, 0.15) is 23.6 Å². The van der Waals surface area contributed by atoms with E-state index in [0.717, 1.165) is 21.2 Å². The third kappa shape index (κ3) is 5.63. The van der Waals surface area contributed by atoms with Crippen LogP contribution in [0.25, 0.3) is 11.6 Å². The average Bonchev–Trinajstić information content (AvgIpc) is 2.74. The third-order valence-electron chi connectivity index (χ3n) is 4.25. The fourth-order valence-electron chi connectivity index (χ4n) is 2.75. The molecule has 0 aliphatic carbocycles. The first-order valence-corrected chi connectivity index (χ1v) is 10.4. The molecule has 0 N–H and O–H groups in total. The highest BCUT2D eigenvalue weighted by atomic mass is 79.9. The summed E-state index contributed by atoms with van der Waals surface area (Å²) in [4.78, 5) is 0. The van der Waals surface area contributed by atoms with Crippen molar-refractivity contribution in [1.82, 2.24) is 0 Å². The van der Waals surface area contributed by atoms with Gasteiger partial charge in [-0.05, 0) is 66.1 Å². The summed E-state index contributed by atoms with van der Waals surface area (Å²) in [5.74, 6) is 0.819. The van der Waals surface area contributed by atoms with Gasteiger partial charge in [0.25, 0.3) is 0 Å². The van der Waals surface area contributed by atoms with E-state index in [1.165, 1.54) is 12.1 Å². The molecule has 0 amide bonds. The molecule has 0 aliphatic heterocycles. The number of ether oxygens (including phenoxy) is 2. The topological polar surface area (TPSA) is 42.2 Å². The molecule has 0 heterocycles. The first-order chi connectivity index (χ1) is 14.5. The van der Waals surface area contributed by atoms with E-state index >= 15 is 0 Å². The van der Waals surface area contributed by atoms with Gasteiger partial charge in [-0.3, -0.25) is 0 Å². The minimum atomic E-state index is -0.290. The van der Waals surface area contributed by atoms with Crippen molar-refractivity contribution in [2.75, 3.05) is 6.61 Å². The number of halogens is 3. The van der Waals surface area contributed by atoms with Crippen LogP contribution in [0, 0.1) is 17.1 Å². The number of hydrogen-bond donors (Lipinski definition) is 0. The Bertz CT molecular complexity index is 1090. The van der Waals surface area contributed by atoms with Crippen molar-refractivity contribution in [3.8, 4) is 17.6 Å². The van der Waals surface area contributed by atoms with Crippen LogP contribution in [0.15, 0.2) is 65.1 Å². The lowest BCUT2D eigenvalue weighted by atomic mass is 10.0. The molecule has 30 heavy (non-hydrogen) atoms. The zero-order valence-corrected chi connectivity index (χ0v) is 18.5. The van der Waals surface area contributed by atoms with Crippen LogP contribution >= 0.6 is 27.5 Å². The molecule has 0 atom stereocenters. The van der Waals surface area contributed by atoms with Crippen molar-refractivity contribution in [1.29, 1.82) is 5.26 Å². The smallest absolute Gasteiger partial charge is 0.162 e. The summed E-state index contributed by atoms with van der Waals surface area (Å²) in [5, 5.41) is 10.2. The molecule has 0 unspecified atom stereocenters. The van der Waals surface area contributed by atoms with Gasteiger partial charge < -0.3 is 9.47 Å². The Hall–Kier alpha value is -2.81. The third-order valence-corrected chi connectivity index (χ3v) is 5.18. The summed E-state index contributed by atoms with van der Waals surface area (Å²) >= 11 is 9.49. The maximum Gasteiger partial charge on any atom is 0.162 e. The average molecular weight is 487 g/mol. The van der Waals surface area contributed by atoms with Gasteiger partial charge in [-0.1, -0.05) is 51.8 Å². The zero-order valence-electron chi connectivity index (χ0n) is 16.2. The predicted molar refractivity (Wildman–Crippen MR) is 121 cm³/mol. The highest BCUT2D eigenvalue weighted by Crippen LogP contribution is 2.36. The van der Waals surface area contributed by atoms with Crippen LogP contribution in [0.3, 0.4) is 0 Å². The van der Waals surface area contributed by atoms with E-state index in [2.05, 4.69) is 22.0 Å². The van der Waals surface area contributed by atoms with Gasteiger partial charge in [0.05, 0.1) is 18.2 Å². The summed E-state index contributed by atoms with van der Waals surface area (Å²) in [5.41, 5.74) is 2.88. The standard InChI is InChI=1S/C24H18BrClFNO2/c1-2-29-23-12-18(11-19(14-28)17-5-7-20(26)8-6-17)22(25)13-24(23)30-15-16-3-9-21(27)10-4-16/h3-13H,2,15H2,1H3/b19-11+. The van der Waals surface area contributed by atoms with Gasteiger partial charge in [0.2, 0.25) is 0 Å². The van der Waals surface area contributed by atoms with Crippen LogP contribution in [-0.2, 0) is 6.61 Å². The summed E-state index contributed by atoms with van der Waals surface area (Å²) in [6.45, 7) is 2.62. The first-order valence-electron chi connectivity index (χ1n) is 9.21. The number of benzene rings is 3. The Morgan fingerprint density at radius 1 is 1.07 bits per heavy atom. The van der Waals surface area contributed by atoms with Crippen molar-refractivity contribution >= 4 is 39.2 Å². The Balaban J connectivity index is 1.90. The fraction of sp³-hybridized carbons (Fsp3) is 0.125. The summed E-state index contributed by atoms with van der Waals surface area (Å²) in [7, 11) is 0. The maximum atomic E-state index is 13.1. The molecule has 0 spiro atoms. The van der Waals surface area contributed by atoms with E-state index in [-0.39, 0.29) is 12.4 Å². The van der Waals surface area contributed by atoms with E-state index in [9.17, 15) is 9.65 Å². The lowest BCUT2D eigenvalue weighted by molar-refractivity contribution is 0.269. The van der Waals surface area contributed by atoms with Crippen molar-refractivity contribution in [3.63, 3.8) is 0 Å². The van der Waals surface area contributed by atoms with Crippen molar-refractivity contribution < 1.29 is 13.9 Å². The molecule has 0 aromatic heterocycles. The molecule has 152 valence electrons. The van der Waals surface area contributed by atoms with E-state index in [0.29, 0.717) is 28.7 Å². The lowest BCUT2D eigenvalue weighted by Gasteiger charge is -2.14. The van der Waals surface area contributed by atoms with Crippen LogP contribution in [0.5, 0.6) is 11.5 Å². The van der Waals surface area contributed by atoms with E-state index in [1.807, 2.05) is 13.0 Å². The number of allylic oxidation sites excluding steroid dienone is 1. The van der Waals surface area contributed by atoms with Crippen LogP contribution in [0.4, 0.5) is 4.39 Å². The van der Waals surface area contributed by atoms with Crippen molar-refractivity contribution in [2.45, 2.75) is 13.5 Å². The van der Waals surface area contributed by atoms with Gasteiger partial charge in [0.1, 0.15) is 12.4 Å². The van der Waals surface area contributed by atoms with Crippen LogP contribution in [-0.4, -0.2) is 6.61 Å². The zero-order chi connectivity index (χ0) is 21.5. The molecule has 3 rings (SSSR count). The Morgan fingerprint density at radius 3 is 2.37 bits per heavy atom. The van der Waals surface area contributed by atoms with Gasteiger partial charge in [-0.25, -0.2) is 4.39 Å². The van der Waals surface area contributed by atoms with Gasteiger partial charge >= 0.3 is 0 Å². The van der Waals surface area contributed by atoms with Gasteiger partial charge in [-0.15, -0.1) is 0 Å². The number of rotatable bonds is 7. The normalized spacial score (nSPS) is 11.1. The van der Waals surface area contributed by atoms with Gasteiger partial charge in [0.15, 0.2) is 11.5 Å². The SMILES string of the molecule is CCOc1cc(/C=C(\C#N)c2ccc(Cl)cc2)c(Br)cc1OCc1ccc(F)cc1.